The third kappa shape index (κ3) is 3.75. The lowest BCUT2D eigenvalue weighted by Crippen LogP contribution is -2.60. The molecular formula is C15H18F3N3O2. The maximum atomic E-state index is 13.0. The van der Waals surface area contributed by atoms with Crippen molar-refractivity contribution in [1.82, 2.24) is 10.2 Å². The Morgan fingerprint density at radius 1 is 1.35 bits per heavy atom. The van der Waals surface area contributed by atoms with Crippen LogP contribution in [0.15, 0.2) is 24.3 Å². The van der Waals surface area contributed by atoms with Crippen molar-refractivity contribution >= 4 is 17.6 Å². The van der Waals surface area contributed by atoms with Crippen molar-refractivity contribution in [1.29, 1.82) is 0 Å². The summed E-state index contributed by atoms with van der Waals surface area (Å²) in [6.45, 7) is 4.07. The summed E-state index contributed by atoms with van der Waals surface area (Å²) in [6, 6.07) is 3.34. The quantitative estimate of drug-likeness (QED) is 0.876. The maximum absolute atomic E-state index is 13.0. The molecule has 0 spiro atoms. The molecule has 1 aliphatic heterocycles. The summed E-state index contributed by atoms with van der Waals surface area (Å²) >= 11 is 0. The van der Waals surface area contributed by atoms with Crippen molar-refractivity contribution in [3.05, 3.63) is 29.8 Å². The number of halogens is 3. The molecule has 2 rings (SSSR count). The van der Waals surface area contributed by atoms with Crippen molar-refractivity contribution in [2.45, 2.75) is 26.1 Å². The Bertz CT molecular complexity index is 602. The molecule has 0 radical (unpaired) electrons. The molecule has 0 saturated carbocycles. The Balaban J connectivity index is 2.23. The largest absolute Gasteiger partial charge is 0.418 e. The lowest BCUT2D eigenvalue weighted by atomic mass is 10.00. The van der Waals surface area contributed by atoms with Crippen molar-refractivity contribution in [2.24, 2.45) is 5.92 Å². The van der Waals surface area contributed by atoms with Gasteiger partial charge in [0.1, 0.15) is 6.04 Å². The number of anilines is 1. The average Bonchev–Trinajstić information content (AvgIpc) is 2.46. The number of piperazine rings is 1. The Labute approximate surface area is 131 Å². The van der Waals surface area contributed by atoms with Crippen LogP contribution < -0.4 is 10.6 Å². The predicted molar refractivity (Wildman–Crippen MR) is 78.8 cm³/mol. The van der Waals surface area contributed by atoms with E-state index in [0.29, 0.717) is 0 Å². The topological polar surface area (TPSA) is 61.4 Å². The molecule has 1 atom stereocenters. The Kier molecular flexibility index (Phi) is 4.82. The van der Waals surface area contributed by atoms with Gasteiger partial charge in [0, 0.05) is 13.1 Å². The van der Waals surface area contributed by atoms with E-state index in [1.165, 1.54) is 23.1 Å². The first kappa shape index (κ1) is 17.1. The van der Waals surface area contributed by atoms with Gasteiger partial charge in [-0.25, -0.2) is 4.79 Å². The zero-order chi connectivity index (χ0) is 17.2. The van der Waals surface area contributed by atoms with E-state index in [4.69, 9.17) is 0 Å². The van der Waals surface area contributed by atoms with Crippen LogP contribution in [0.5, 0.6) is 0 Å². The fourth-order valence-electron chi connectivity index (χ4n) is 2.60. The molecule has 0 aliphatic carbocycles. The second kappa shape index (κ2) is 6.47. The molecule has 3 amide bonds. The zero-order valence-electron chi connectivity index (χ0n) is 12.8. The highest BCUT2D eigenvalue weighted by molar-refractivity contribution is 5.95. The SMILES string of the molecule is CC(C)C1C(=O)NCCN1C(=O)Nc1ccccc1C(F)(F)F. The van der Waals surface area contributed by atoms with E-state index in [9.17, 15) is 22.8 Å². The number of benzene rings is 1. The van der Waals surface area contributed by atoms with E-state index in [1.54, 1.807) is 13.8 Å². The fourth-order valence-corrected chi connectivity index (χ4v) is 2.60. The Hall–Kier alpha value is -2.25. The highest BCUT2D eigenvalue weighted by atomic mass is 19.4. The molecule has 1 aromatic carbocycles. The molecule has 1 fully saturated rings. The van der Waals surface area contributed by atoms with Crippen molar-refractivity contribution in [3.63, 3.8) is 0 Å². The number of alkyl halides is 3. The number of hydrogen-bond acceptors (Lipinski definition) is 2. The standard InChI is InChI=1S/C15H18F3N3O2/c1-9(2)12-13(22)19-7-8-21(12)14(23)20-11-6-4-3-5-10(11)15(16,17)18/h3-6,9,12H,7-8H2,1-2H3,(H,19,22)(H,20,23). The van der Waals surface area contributed by atoms with E-state index < -0.39 is 23.8 Å². The van der Waals surface area contributed by atoms with Crippen molar-refractivity contribution < 1.29 is 22.8 Å². The van der Waals surface area contributed by atoms with E-state index in [0.717, 1.165) is 6.07 Å². The smallest absolute Gasteiger partial charge is 0.353 e. The second-order valence-electron chi connectivity index (χ2n) is 5.65. The Morgan fingerprint density at radius 2 is 2.00 bits per heavy atom. The van der Waals surface area contributed by atoms with Gasteiger partial charge >= 0.3 is 12.2 Å². The van der Waals surface area contributed by atoms with Crippen molar-refractivity contribution in [2.75, 3.05) is 18.4 Å². The first-order valence-corrected chi connectivity index (χ1v) is 7.23. The first-order valence-electron chi connectivity index (χ1n) is 7.23. The van der Waals surface area contributed by atoms with Crippen LogP contribution in [-0.2, 0) is 11.0 Å². The molecule has 1 unspecified atom stereocenters. The first-order chi connectivity index (χ1) is 10.7. The van der Waals surface area contributed by atoms with E-state index in [1.807, 2.05) is 0 Å². The number of carbonyl (C=O) groups excluding carboxylic acids is 2. The van der Waals surface area contributed by atoms with Crippen LogP contribution in [0.2, 0.25) is 0 Å². The number of rotatable bonds is 2. The van der Waals surface area contributed by atoms with E-state index in [-0.39, 0.29) is 30.6 Å². The van der Waals surface area contributed by atoms with Gasteiger partial charge in [0.25, 0.3) is 0 Å². The highest BCUT2D eigenvalue weighted by Crippen LogP contribution is 2.34. The van der Waals surface area contributed by atoms with E-state index in [2.05, 4.69) is 10.6 Å². The van der Waals surface area contributed by atoms with Gasteiger partial charge in [0.2, 0.25) is 5.91 Å². The minimum atomic E-state index is -4.57. The molecule has 1 aromatic rings. The van der Waals surface area contributed by atoms with Crippen molar-refractivity contribution in [3.8, 4) is 0 Å². The number of nitrogens with one attached hydrogen (secondary N) is 2. The fraction of sp³-hybridized carbons (Fsp3) is 0.467. The summed E-state index contributed by atoms with van der Waals surface area (Å²) in [4.78, 5) is 25.6. The van der Waals surface area contributed by atoms with Gasteiger partial charge in [-0.3, -0.25) is 4.79 Å². The number of carbonyl (C=O) groups is 2. The lowest BCUT2D eigenvalue weighted by Gasteiger charge is -2.37. The van der Waals surface area contributed by atoms with Gasteiger partial charge in [-0.1, -0.05) is 26.0 Å². The molecule has 8 heteroatoms. The van der Waals surface area contributed by atoms with E-state index >= 15 is 0 Å². The van der Waals surface area contributed by atoms with Crippen LogP contribution in [0.1, 0.15) is 19.4 Å². The predicted octanol–water partition coefficient (Wildman–Crippen LogP) is 2.69. The van der Waals surface area contributed by atoms with Crippen LogP contribution in [0.4, 0.5) is 23.7 Å². The number of nitrogens with zero attached hydrogens (tertiary/aromatic N) is 1. The lowest BCUT2D eigenvalue weighted by molar-refractivity contribution is -0.137. The minimum Gasteiger partial charge on any atom is -0.353 e. The molecule has 1 saturated heterocycles. The number of urea groups is 1. The van der Waals surface area contributed by atoms with Gasteiger partial charge < -0.3 is 15.5 Å². The zero-order valence-corrected chi connectivity index (χ0v) is 12.8. The van der Waals surface area contributed by atoms with Crippen LogP contribution in [0.3, 0.4) is 0 Å². The highest BCUT2D eigenvalue weighted by Gasteiger charge is 2.37. The van der Waals surface area contributed by atoms with Crippen LogP contribution in [0, 0.1) is 5.92 Å². The van der Waals surface area contributed by atoms with Gasteiger partial charge in [-0.15, -0.1) is 0 Å². The third-order valence-electron chi connectivity index (χ3n) is 3.62. The third-order valence-corrected chi connectivity index (χ3v) is 3.62. The summed E-state index contributed by atoms with van der Waals surface area (Å²) in [5.41, 5.74) is -1.24. The molecule has 1 aliphatic rings. The molecule has 0 bridgehead atoms. The molecule has 0 aromatic heterocycles. The normalized spacial score (nSPS) is 18.8. The maximum Gasteiger partial charge on any atom is 0.418 e. The summed E-state index contributed by atoms with van der Waals surface area (Å²) in [6.07, 6.45) is -4.57. The second-order valence-corrected chi connectivity index (χ2v) is 5.65. The van der Waals surface area contributed by atoms with Gasteiger partial charge in [0.15, 0.2) is 0 Å². The molecule has 23 heavy (non-hydrogen) atoms. The van der Waals surface area contributed by atoms with Crippen LogP contribution >= 0.6 is 0 Å². The number of amides is 3. The molecule has 2 N–H and O–H groups in total. The number of para-hydroxylation sites is 1. The molecular weight excluding hydrogens is 311 g/mol. The minimum absolute atomic E-state index is 0.154. The average molecular weight is 329 g/mol. The summed E-state index contributed by atoms with van der Waals surface area (Å²) in [5, 5.41) is 4.94. The molecule has 1 heterocycles. The number of hydrogen-bond donors (Lipinski definition) is 2. The van der Waals surface area contributed by atoms with Gasteiger partial charge in [-0.05, 0) is 18.1 Å². The molecule has 126 valence electrons. The summed E-state index contributed by atoms with van der Waals surface area (Å²) < 4.78 is 38.9. The molecule has 5 nitrogen and oxygen atoms in total. The summed E-state index contributed by atoms with van der Waals surface area (Å²) in [5.74, 6) is -0.454. The monoisotopic (exact) mass is 329 g/mol. The Morgan fingerprint density at radius 3 is 2.61 bits per heavy atom. The van der Waals surface area contributed by atoms with Gasteiger partial charge in [-0.2, -0.15) is 13.2 Å². The van der Waals surface area contributed by atoms with Crippen LogP contribution in [-0.4, -0.2) is 36.0 Å². The van der Waals surface area contributed by atoms with Crippen LogP contribution in [0.25, 0.3) is 0 Å². The summed E-state index contributed by atoms with van der Waals surface area (Å²) in [7, 11) is 0. The van der Waals surface area contributed by atoms with Gasteiger partial charge in [0.05, 0.1) is 11.3 Å².